The average Bonchev–Trinajstić information content (AvgIpc) is 2.83. The first-order chi connectivity index (χ1) is 8.20. The molecule has 1 fully saturated rings. The molecule has 0 aromatic heterocycles. The van der Waals surface area contributed by atoms with Gasteiger partial charge in [-0.1, -0.05) is 13.3 Å². The Morgan fingerprint density at radius 2 is 2.41 bits per heavy atom. The number of nitrogens with zero attached hydrogens (tertiary/aromatic N) is 1. The molecule has 0 aromatic carbocycles. The molecule has 1 aliphatic heterocycles. The highest BCUT2D eigenvalue weighted by atomic mass is 32.2. The fourth-order valence-electron chi connectivity index (χ4n) is 2.08. The summed E-state index contributed by atoms with van der Waals surface area (Å²) in [6, 6.07) is 0.00742. The number of methoxy groups -OCH3 is 1. The highest BCUT2D eigenvalue weighted by molar-refractivity contribution is 7.99. The van der Waals surface area contributed by atoms with Gasteiger partial charge in [0.1, 0.15) is 0 Å². The quantitative estimate of drug-likeness (QED) is 0.744. The summed E-state index contributed by atoms with van der Waals surface area (Å²) >= 11 is 1.91. The molecule has 4 nitrogen and oxygen atoms in total. The largest absolute Gasteiger partial charge is 0.383 e. The molecule has 0 spiro atoms. The second-order valence-electron chi connectivity index (χ2n) is 4.44. The van der Waals surface area contributed by atoms with Crippen molar-refractivity contribution in [1.82, 2.24) is 4.90 Å². The van der Waals surface area contributed by atoms with E-state index in [4.69, 9.17) is 10.5 Å². The monoisotopic (exact) mass is 260 g/mol. The number of carbonyl (C=O) groups is 1. The third-order valence-electron chi connectivity index (χ3n) is 3.08. The Labute approximate surface area is 108 Å². The van der Waals surface area contributed by atoms with Crippen LogP contribution in [0.25, 0.3) is 0 Å². The van der Waals surface area contributed by atoms with E-state index in [9.17, 15) is 4.79 Å². The van der Waals surface area contributed by atoms with Gasteiger partial charge in [-0.05, 0) is 18.6 Å². The van der Waals surface area contributed by atoms with Crippen LogP contribution < -0.4 is 5.73 Å². The number of nitrogens with two attached hydrogens (primary N) is 1. The molecule has 1 saturated heterocycles. The van der Waals surface area contributed by atoms with Crippen LogP contribution in [-0.2, 0) is 9.53 Å². The van der Waals surface area contributed by atoms with Crippen LogP contribution >= 0.6 is 11.8 Å². The van der Waals surface area contributed by atoms with Gasteiger partial charge in [-0.25, -0.2) is 0 Å². The minimum Gasteiger partial charge on any atom is -0.383 e. The zero-order valence-electron chi connectivity index (χ0n) is 10.9. The minimum absolute atomic E-state index is 0.0939. The van der Waals surface area contributed by atoms with Crippen molar-refractivity contribution < 1.29 is 9.53 Å². The van der Waals surface area contributed by atoms with Gasteiger partial charge in [-0.15, -0.1) is 0 Å². The van der Waals surface area contributed by atoms with Gasteiger partial charge < -0.3 is 15.4 Å². The van der Waals surface area contributed by atoms with E-state index in [-0.39, 0.29) is 11.9 Å². The Hall–Kier alpha value is -0.260. The van der Waals surface area contributed by atoms with Crippen molar-refractivity contribution in [3.8, 4) is 0 Å². The smallest absolute Gasteiger partial charge is 0.239 e. The molecule has 2 N–H and O–H groups in total. The van der Waals surface area contributed by atoms with Gasteiger partial charge in [-0.2, -0.15) is 11.8 Å². The summed E-state index contributed by atoms with van der Waals surface area (Å²) in [5.74, 6) is 2.27. The number of hydrogen-bond acceptors (Lipinski definition) is 4. The van der Waals surface area contributed by atoms with Gasteiger partial charge >= 0.3 is 0 Å². The third kappa shape index (κ3) is 4.48. The maximum atomic E-state index is 12.3. The molecule has 1 heterocycles. The molecule has 1 rings (SSSR count). The van der Waals surface area contributed by atoms with Crippen molar-refractivity contribution >= 4 is 17.7 Å². The number of ether oxygens (including phenoxy) is 1. The van der Waals surface area contributed by atoms with E-state index in [0.29, 0.717) is 19.2 Å². The average molecular weight is 260 g/mol. The number of thioether (sulfide) groups is 1. The lowest BCUT2D eigenvalue weighted by Gasteiger charge is -2.30. The molecule has 0 aromatic rings. The maximum absolute atomic E-state index is 12.3. The number of rotatable bonds is 7. The molecular weight excluding hydrogens is 236 g/mol. The standard InChI is InChI=1S/C12H24N2O2S/c1-3-4-11(13)12(15)14(6-7-16-2)10-5-8-17-9-10/h10-11H,3-9,13H2,1-2H3. The Bertz CT molecular complexity index is 233. The highest BCUT2D eigenvalue weighted by Gasteiger charge is 2.29. The topological polar surface area (TPSA) is 55.6 Å². The van der Waals surface area contributed by atoms with Crippen LogP contribution in [0.4, 0.5) is 0 Å². The van der Waals surface area contributed by atoms with Crippen molar-refractivity contribution in [1.29, 1.82) is 0 Å². The zero-order valence-corrected chi connectivity index (χ0v) is 11.7. The van der Waals surface area contributed by atoms with Gasteiger partial charge in [0.05, 0.1) is 12.6 Å². The lowest BCUT2D eigenvalue weighted by Crippen LogP contribution is -2.50. The number of carbonyl (C=O) groups excluding carboxylic acids is 1. The first-order valence-corrected chi connectivity index (χ1v) is 7.48. The van der Waals surface area contributed by atoms with E-state index in [0.717, 1.165) is 30.8 Å². The van der Waals surface area contributed by atoms with Crippen LogP contribution in [0.5, 0.6) is 0 Å². The molecule has 17 heavy (non-hydrogen) atoms. The van der Waals surface area contributed by atoms with Gasteiger partial charge in [0.15, 0.2) is 0 Å². The molecular formula is C12H24N2O2S. The highest BCUT2D eigenvalue weighted by Crippen LogP contribution is 2.23. The van der Waals surface area contributed by atoms with Crippen molar-refractivity contribution in [3.05, 3.63) is 0 Å². The number of amides is 1. The molecule has 5 heteroatoms. The summed E-state index contributed by atoms with van der Waals surface area (Å²) < 4.78 is 5.08. The molecule has 1 amide bonds. The summed E-state index contributed by atoms with van der Waals surface area (Å²) in [5, 5.41) is 0. The predicted molar refractivity (Wildman–Crippen MR) is 72.2 cm³/mol. The second kappa shape index (κ2) is 7.95. The molecule has 0 bridgehead atoms. The van der Waals surface area contributed by atoms with Gasteiger partial charge in [0.2, 0.25) is 5.91 Å². The molecule has 100 valence electrons. The van der Waals surface area contributed by atoms with Crippen molar-refractivity contribution in [2.45, 2.75) is 38.3 Å². The second-order valence-corrected chi connectivity index (χ2v) is 5.59. The van der Waals surface area contributed by atoms with E-state index in [1.165, 1.54) is 0 Å². The summed E-state index contributed by atoms with van der Waals surface area (Å²) in [6.07, 6.45) is 2.80. The molecule has 0 saturated carbocycles. The first kappa shape index (κ1) is 14.8. The van der Waals surface area contributed by atoms with Gasteiger partial charge in [0.25, 0.3) is 0 Å². The van der Waals surface area contributed by atoms with Gasteiger partial charge in [0, 0.05) is 25.4 Å². The lowest BCUT2D eigenvalue weighted by atomic mass is 10.1. The van der Waals surface area contributed by atoms with Gasteiger partial charge in [-0.3, -0.25) is 4.79 Å². The fourth-order valence-corrected chi connectivity index (χ4v) is 3.30. The van der Waals surface area contributed by atoms with Crippen LogP contribution in [0, 0.1) is 0 Å². The third-order valence-corrected chi connectivity index (χ3v) is 4.23. The van der Waals surface area contributed by atoms with E-state index in [1.54, 1.807) is 7.11 Å². The Morgan fingerprint density at radius 1 is 1.65 bits per heavy atom. The van der Waals surface area contributed by atoms with Crippen molar-refractivity contribution in [3.63, 3.8) is 0 Å². The van der Waals surface area contributed by atoms with E-state index in [1.807, 2.05) is 16.7 Å². The van der Waals surface area contributed by atoms with Crippen LogP contribution in [0.1, 0.15) is 26.2 Å². The molecule has 2 atom stereocenters. The Balaban J connectivity index is 2.57. The maximum Gasteiger partial charge on any atom is 0.239 e. The predicted octanol–water partition coefficient (Wildman–Crippen LogP) is 1.09. The summed E-state index contributed by atoms with van der Waals surface area (Å²) in [6.45, 7) is 3.31. The molecule has 1 aliphatic rings. The van der Waals surface area contributed by atoms with Crippen LogP contribution in [0.15, 0.2) is 0 Å². The fraction of sp³-hybridized carbons (Fsp3) is 0.917. The molecule has 2 unspecified atom stereocenters. The molecule has 0 radical (unpaired) electrons. The summed E-state index contributed by atoms with van der Waals surface area (Å²) in [5.41, 5.74) is 5.93. The Morgan fingerprint density at radius 3 is 2.94 bits per heavy atom. The summed E-state index contributed by atoms with van der Waals surface area (Å²) in [4.78, 5) is 14.2. The van der Waals surface area contributed by atoms with E-state index < -0.39 is 0 Å². The van der Waals surface area contributed by atoms with Crippen LogP contribution in [0.3, 0.4) is 0 Å². The van der Waals surface area contributed by atoms with E-state index >= 15 is 0 Å². The van der Waals surface area contributed by atoms with Crippen molar-refractivity contribution in [2.24, 2.45) is 5.73 Å². The van der Waals surface area contributed by atoms with E-state index in [2.05, 4.69) is 6.92 Å². The minimum atomic E-state index is -0.345. The lowest BCUT2D eigenvalue weighted by molar-refractivity contribution is -0.135. The normalized spacial score (nSPS) is 21.5. The summed E-state index contributed by atoms with van der Waals surface area (Å²) in [7, 11) is 1.66. The first-order valence-electron chi connectivity index (χ1n) is 6.33. The zero-order chi connectivity index (χ0) is 12.7. The van der Waals surface area contributed by atoms with Crippen LogP contribution in [-0.4, -0.2) is 54.7 Å². The molecule has 0 aliphatic carbocycles. The van der Waals surface area contributed by atoms with Crippen molar-refractivity contribution in [2.75, 3.05) is 31.8 Å². The SMILES string of the molecule is CCCC(N)C(=O)N(CCOC)C1CCSC1. The Kier molecular flexibility index (Phi) is 6.92. The van der Waals surface area contributed by atoms with Crippen LogP contribution in [0.2, 0.25) is 0 Å². The number of hydrogen-bond donors (Lipinski definition) is 1.